The summed E-state index contributed by atoms with van der Waals surface area (Å²) < 4.78 is 7.34. The third-order valence-corrected chi connectivity index (χ3v) is 4.35. The van der Waals surface area contributed by atoms with E-state index >= 15 is 0 Å². The molecule has 0 radical (unpaired) electrons. The number of nitrogens with two attached hydrogens (primary N) is 1. The highest BCUT2D eigenvalue weighted by Crippen LogP contribution is 2.31. The number of aromatic nitrogens is 2. The maximum Gasteiger partial charge on any atom is 0.216 e. The van der Waals surface area contributed by atoms with Crippen LogP contribution in [0.1, 0.15) is 30.6 Å². The predicted octanol–water partition coefficient (Wildman–Crippen LogP) is 0.765. The van der Waals surface area contributed by atoms with Gasteiger partial charge in [0.25, 0.3) is 0 Å². The topological polar surface area (TPSA) is 59.5 Å². The second-order valence-electron chi connectivity index (χ2n) is 5.76. The molecule has 1 fully saturated rings. The van der Waals surface area contributed by atoms with Crippen molar-refractivity contribution in [3.05, 3.63) is 11.3 Å². The molecule has 1 saturated heterocycles. The molecule has 0 spiro atoms. The van der Waals surface area contributed by atoms with Gasteiger partial charge in [0.1, 0.15) is 0 Å². The lowest BCUT2D eigenvalue weighted by molar-refractivity contribution is 0.0971. The fourth-order valence-corrected chi connectivity index (χ4v) is 3.34. The predicted molar refractivity (Wildman–Crippen MR) is 84.6 cm³/mol. The minimum Gasteiger partial charge on any atom is -0.481 e. The van der Waals surface area contributed by atoms with Gasteiger partial charge in [-0.05, 0) is 19.9 Å². The Morgan fingerprint density at radius 2 is 1.95 bits per heavy atom. The molecule has 6 heteroatoms. The maximum atomic E-state index is 6.08. The number of hydrogen-bond acceptors (Lipinski definition) is 5. The van der Waals surface area contributed by atoms with Crippen LogP contribution in [0, 0.1) is 6.92 Å². The zero-order chi connectivity index (χ0) is 15.4. The third-order valence-electron chi connectivity index (χ3n) is 4.35. The normalized spacial score (nSPS) is 18.9. The first-order valence-corrected chi connectivity index (χ1v) is 7.86. The Morgan fingerprint density at radius 3 is 2.48 bits per heavy atom. The van der Waals surface area contributed by atoms with E-state index in [1.54, 1.807) is 11.8 Å². The van der Waals surface area contributed by atoms with Crippen LogP contribution >= 0.6 is 0 Å². The van der Waals surface area contributed by atoms with Crippen molar-refractivity contribution in [2.75, 3.05) is 46.4 Å². The van der Waals surface area contributed by atoms with Crippen LogP contribution in [0.25, 0.3) is 0 Å². The summed E-state index contributed by atoms with van der Waals surface area (Å²) in [5, 5.41) is 4.49. The summed E-state index contributed by atoms with van der Waals surface area (Å²) in [6.07, 6.45) is 1.22. The molecule has 1 aromatic rings. The Balaban J connectivity index is 2.14. The number of ether oxygens (including phenoxy) is 1. The van der Waals surface area contributed by atoms with Gasteiger partial charge in [-0.25, -0.2) is 4.68 Å². The molecule has 6 nitrogen and oxygen atoms in total. The molecule has 0 amide bonds. The molecule has 0 bridgehead atoms. The fourth-order valence-electron chi connectivity index (χ4n) is 3.34. The minimum absolute atomic E-state index is 0.192. The van der Waals surface area contributed by atoms with Crippen molar-refractivity contribution in [2.45, 2.75) is 26.3 Å². The van der Waals surface area contributed by atoms with Crippen molar-refractivity contribution in [3.63, 3.8) is 0 Å². The Morgan fingerprint density at radius 1 is 1.29 bits per heavy atom. The van der Waals surface area contributed by atoms with Gasteiger partial charge < -0.3 is 15.4 Å². The quantitative estimate of drug-likeness (QED) is 0.840. The molecule has 2 heterocycles. The molecule has 1 unspecified atom stereocenters. The Kier molecular flexibility index (Phi) is 5.61. The van der Waals surface area contributed by atoms with Crippen molar-refractivity contribution in [1.82, 2.24) is 19.6 Å². The molecule has 2 N–H and O–H groups in total. The first kappa shape index (κ1) is 16.3. The molecular formula is C15H29N5O. The van der Waals surface area contributed by atoms with Crippen molar-refractivity contribution >= 4 is 0 Å². The summed E-state index contributed by atoms with van der Waals surface area (Å²) in [5.74, 6) is 0.832. The standard InChI is InChI=1S/C15H29N5O/c1-5-6-19-7-9-20(10-8-19)13(11-16)14-12(2)17-18(3)15(14)21-4/h13H,5-11,16H2,1-4H3. The summed E-state index contributed by atoms with van der Waals surface area (Å²) in [6, 6.07) is 0.192. The van der Waals surface area contributed by atoms with Crippen LogP contribution in [0.3, 0.4) is 0 Å². The van der Waals surface area contributed by atoms with Crippen molar-refractivity contribution in [2.24, 2.45) is 12.8 Å². The van der Waals surface area contributed by atoms with Crippen LogP contribution in [0.5, 0.6) is 5.88 Å². The number of piperazine rings is 1. The zero-order valence-corrected chi connectivity index (χ0v) is 13.8. The van der Waals surface area contributed by atoms with E-state index in [0.29, 0.717) is 6.54 Å². The molecule has 0 aliphatic carbocycles. The SMILES string of the molecule is CCCN1CCN(C(CN)c2c(C)nn(C)c2OC)CC1. The molecule has 1 aliphatic rings. The van der Waals surface area contributed by atoms with Crippen molar-refractivity contribution < 1.29 is 4.74 Å². The molecular weight excluding hydrogens is 266 g/mol. The summed E-state index contributed by atoms with van der Waals surface area (Å²) in [6.45, 7) is 10.4. The molecule has 1 atom stereocenters. The fraction of sp³-hybridized carbons (Fsp3) is 0.800. The number of methoxy groups -OCH3 is 1. The lowest BCUT2D eigenvalue weighted by Crippen LogP contribution is -2.49. The van der Waals surface area contributed by atoms with E-state index in [4.69, 9.17) is 10.5 Å². The second-order valence-corrected chi connectivity index (χ2v) is 5.76. The van der Waals surface area contributed by atoms with Gasteiger partial charge >= 0.3 is 0 Å². The van der Waals surface area contributed by atoms with Crippen LogP contribution in [0.4, 0.5) is 0 Å². The van der Waals surface area contributed by atoms with Crippen molar-refractivity contribution in [1.29, 1.82) is 0 Å². The molecule has 1 aliphatic heterocycles. The van der Waals surface area contributed by atoms with E-state index in [9.17, 15) is 0 Å². The van der Waals surface area contributed by atoms with E-state index in [0.717, 1.165) is 43.3 Å². The summed E-state index contributed by atoms with van der Waals surface area (Å²) in [5.41, 5.74) is 8.24. The lowest BCUT2D eigenvalue weighted by Gasteiger charge is -2.39. The highest BCUT2D eigenvalue weighted by molar-refractivity contribution is 5.34. The van der Waals surface area contributed by atoms with Crippen LogP contribution in [0.2, 0.25) is 0 Å². The van der Waals surface area contributed by atoms with Gasteiger partial charge in [-0.15, -0.1) is 0 Å². The highest BCUT2D eigenvalue weighted by Gasteiger charge is 2.29. The third kappa shape index (κ3) is 3.39. The number of nitrogens with zero attached hydrogens (tertiary/aromatic N) is 4. The van der Waals surface area contributed by atoms with E-state index in [2.05, 4.69) is 21.8 Å². The average molecular weight is 295 g/mol. The van der Waals surface area contributed by atoms with Crippen LogP contribution in [-0.4, -0.2) is 66.0 Å². The Hall–Kier alpha value is -1.11. The molecule has 21 heavy (non-hydrogen) atoms. The molecule has 0 aromatic carbocycles. The van der Waals surface area contributed by atoms with E-state index in [1.165, 1.54) is 13.0 Å². The van der Waals surface area contributed by atoms with Crippen molar-refractivity contribution in [3.8, 4) is 5.88 Å². The van der Waals surface area contributed by atoms with Crippen LogP contribution in [0.15, 0.2) is 0 Å². The Labute approximate surface area is 127 Å². The van der Waals surface area contributed by atoms with E-state index in [1.807, 2.05) is 14.0 Å². The molecule has 120 valence electrons. The Bertz CT molecular complexity index is 451. The minimum atomic E-state index is 0.192. The van der Waals surface area contributed by atoms with Gasteiger partial charge in [-0.2, -0.15) is 5.10 Å². The van der Waals surface area contributed by atoms with Crippen LogP contribution in [-0.2, 0) is 7.05 Å². The van der Waals surface area contributed by atoms with Gasteiger partial charge in [-0.1, -0.05) is 6.92 Å². The summed E-state index contributed by atoms with van der Waals surface area (Å²) >= 11 is 0. The summed E-state index contributed by atoms with van der Waals surface area (Å²) in [4.78, 5) is 5.00. The van der Waals surface area contributed by atoms with Crippen LogP contribution < -0.4 is 10.5 Å². The maximum absolute atomic E-state index is 6.08. The van der Waals surface area contributed by atoms with E-state index < -0.39 is 0 Å². The lowest BCUT2D eigenvalue weighted by atomic mass is 10.0. The van der Waals surface area contributed by atoms with Gasteiger partial charge in [0, 0.05) is 39.8 Å². The molecule has 0 saturated carbocycles. The highest BCUT2D eigenvalue weighted by atomic mass is 16.5. The van der Waals surface area contributed by atoms with Gasteiger partial charge in [0.15, 0.2) is 0 Å². The van der Waals surface area contributed by atoms with Gasteiger partial charge in [0.05, 0.1) is 24.4 Å². The number of aryl methyl sites for hydroxylation is 2. The first-order valence-electron chi connectivity index (χ1n) is 7.86. The average Bonchev–Trinajstić information content (AvgIpc) is 2.76. The summed E-state index contributed by atoms with van der Waals surface area (Å²) in [7, 11) is 3.62. The van der Waals surface area contributed by atoms with Gasteiger partial charge in [-0.3, -0.25) is 4.90 Å². The number of hydrogen-bond donors (Lipinski definition) is 1. The molecule has 2 rings (SSSR count). The smallest absolute Gasteiger partial charge is 0.216 e. The largest absolute Gasteiger partial charge is 0.481 e. The zero-order valence-electron chi connectivity index (χ0n) is 13.8. The molecule has 1 aromatic heterocycles. The number of rotatable bonds is 6. The van der Waals surface area contributed by atoms with E-state index in [-0.39, 0.29) is 6.04 Å². The van der Waals surface area contributed by atoms with Gasteiger partial charge in [0.2, 0.25) is 5.88 Å². The monoisotopic (exact) mass is 295 g/mol. The first-order chi connectivity index (χ1) is 10.1. The second kappa shape index (κ2) is 7.24.